The number of rotatable bonds is 14. The minimum Gasteiger partial charge on any atom is -0.490 e. The van der Waals surface area contributed by atoms with Gasteiger partial charge in [-0.2, -0.15) is 4.39 Å². The summed E-state index contributed by atoms with van der Waals surface area (Å²) in [6.07, 6.45) is 11.3. The zero-order chi connectivity index (χ0) is 29.2. The SMILES string of the molecule is C=CCCCOc1ccc(C2CCC(OCc3ccc(C4CCC(OCCCC)CC4)c(F)c3F)CC2)c(F)c1F. The highest BCUT2D eigenvalue weighted by Gasteiger charge is 2.29. The average Bonchev–Trinajstić information content (AvgIpc) is 2.99. The molecule has 41 heavy (non-hydrogen) atoms. The molecule has 2 aliphatic rings. The summed E-state index contributed by atoms with van der Waals surface area (Å²) in [5.41, 5.74) is 1.01. The van der Waals surface area contributed by atoms with E-state index in [1.807, 2.05) is 0 Å². The smallest absolute Gasteiger partial charge is 0.200 e. The molecule has 2 aromatic carbocycles. The van der Waals surface area contributed by atoms with E-state index in [0.717, 1.165) is 51.6 Å². The second kappa shape index (κ2) is 15.7. The van der Waals surface area contributed by atoms with Crippen molar-refractivity contribution in [1.29, 1.82) is 0 Å². The summed E-state index contributed by atoms with van der Waals surface area (Å²) in [5, 5.41) is 0. The molecule has 0 unspecified atom stereocenters. The number of allylic oxidation sites excluding steroid dienone is 1. The van der Waals surface area contributed by atoms with Gasteiger partial charge in [-0.15, -0.1) is 6.58 Å². The summed E-state index contributed by atoms with van der Waals surface area (Å²) in [4.78, 5) is 0. The molecule has 0 spiro atoms. The molecule has 0 aliphatic heterocycles. The normalized spacial score (nSPS) is 23.0. The van der Waals surface area contributed by atoms with Crippen LogP contribution in [0.5, 0.6) is 5.75 Å². The summed E-state index contributed by atoms with van der Waals surface area (Å²) < 4.78 is 76.7. The lowest BCUT2D eigenvalue weighted by molar-refractivity contribution is 0.0116. The molecule has 2 saturated carbocycles. The second-order valence-corrected chi connectivity index (χ2v) is 11.5. The van der Waals surface area contributed by atoms with E-state index in [1.54, 1.807) is 24.3 Å². The van der Waals surface area contributed by atoms with Crippen LogP contribution >= 0.6 is 0 Å². The van der Waals surface area contributed by atoms with E-state index in [4.69, 9.17) is 14.2 Å². The molecular weight excluding hydrogens is 532 g/mol. The van der Waals surface area contributed by atoms with Crippen LogP contribution in [0.25, 0.3) is 0 Å². The molecular formula is C34H44F4O3. The number of ether oxygens (including phenoxy) is 3. The highest BCUT2D eigenvalue weighted by Crippen LogP contribution is 2.39. The molecule has 7 heteroatoms. The maximum absolute atomic E-state index is 15.1. The Balaban J connectivity index is 1.25. The molecule has 226 valence electrons. The van der Waals surface area contributed by atoms with Crippen molar-refractivity contribution in [2.24, 2.45) is 0 Å². The predicted molar refractivity (Wildman–Crippen MR) is 153 cm³/mol. The van der Waals surface area contributed by atoms with E-state index in [-0.39, 0.29) is 42.0 Å². The van der Waals surface area contributed by atoms with Crippen molar-refractivity contribution in [2.75, 3.05) is 13.2 Å². The Bertz CT molecular complexity index is 1120. The third-order valence-electron chi connectivity index (χ3n) is 8.63. The fourth-order valence-electron chi connectivity index (χ4n) is 6.10. The van der Waals surface area contributed by atoms with Crippen LogP contribution in [-0.2, 0) is 16.1 Å². The second-order valence-electron chi connectivity index (χ2n) is 11.5. The Morgan fingerprint density at radius 2 is 1.29 bits per heavy atom. The van der Waals surface area contributed by atoms with Crippen LogP contribution in [0.1, 0.15) is 112 Å². The van der Waals surface area contributed by atoms with Gasteiger partial charge in [0, 0.05) is 12.2 Å². The first kappa shape index (κ1) is 31.6. The molecule has 3 nitrogen and oxygen atoms in total. The van der Waals surface area contributed by atoms with E-state index in [9.17, 15) is 13.2 Å². The monoisotopic (exact) mass is 576 g/mol. The van der Waals surface area contributed by atoms with E-state index in [0.29, 0.717) is 49.8 Å². The Hall–Kier alpha value is -2.38. The third kappa shape index (κ3) is 8.35. The van der Waals surface area contributed by atoms with E-state index in [1.165, 1.54) is 6.07 Å². The largest absolute Gasteiger partial charge is 0.490 e. The summed E-state index contributed by atoms with van der Waals surface area (Å²) in [6.45, 7) is 6.81. The molecule has 0 amide bonds. The molecule has 0 heterocycles. The lowest BCUT2D eigenvalue weighted by Gasteiger charge is -2.30. The van der Waals surface area contributed by atoms with Crippen molar-refractivity contribution in [3.05, 3.63) is 76.9 Å². The van der Waals surface area contributed by atoms with Crippen molar-refractivity contribution in [1.82, 2.24) is 0 Å². The lowest BCUT2D eigenvalue weighted by atomic mass is 9.82. The van der Waals surface area contributed by atoms with E-state index >= 15 is 4.39 Å². The summed E-state index contributed by atoms with van der Waals surface area (Å²) in [5.74, 6) is -3.60. The predicted octanol–water partition coefficient (Wildman–Crippen LogP) is 9.67. The number of unbranched alkanes of at least 4 members (excludes halogenated alkanes) is 2. The fourth-order valence-corrected chi connectivity index (χ4v) is 6.10. The number of benzene rings is 2. The zero-order valence-corrected chi connectivity index (χ0v) is 24.2. The van der Waals surface area contributed by atoms with Crippen LogP contribution in [0, 0.1) is 23.3 Å². The maximum Gasteiger partial charge on any atom is 0.200 e. The molecule has 0 bridgehead atoms. The molecule has 2 fully saturated rings. The third-order valence-corrected chi connectivity index (χ3v) is 8.63. The lowest BCUT2D eigenvalue weighted by Crippen LogP contribution is -2.22. The van der Waals surface area contributed by atoms with Crippen LogP contribution in [0.3, 0.4) is 0 Å². The van der Waals surface area contributed by atoms with Crippen molar-refractivity contribution in [3.8, 4) is 5.75 Å². The van der Waals surface area contributed by atoms with Crippen molar-refractivity contribution in [2.45, 2.75) is 115 Å². The number of hydrogen-bond donors (Lipinski definition) is 0. The summed E-state index contributed by atoms with van der Waals surface area (Å²) in [7, 11) is 0. The van der Waals surface area contributed by atoms with Gasteiger partial charge in [0.25, 0.3) is 0 Å². The van der Waals surface area contributed by atoms with Gasteiger partial charge in [0.2, 0.25) is 5.82 Å². The number of halogens is 4. The van der Waals surface area contributed by atoms with E-state index in [2.05, 4.69) is 13.5 Å². The summed E-state index contributed by atoms with van der Waals surface area (Å²) in [6, 6.07) is 6.46. The van der Waals surface area contributed by atoms with Crippen LogP contribution in [0.2, 0.25) is 0 Å². The quantitative estimate of drug-likeness (QED) is 0.127. The van der Waals surface area contributed by atoms with Gasteiger partial charge in [0.15, 0.2) is 23.2 Å². The first-order chi connectivity index (χ1) is 19.9. The fraction of sp³-hybridized carbons (Fsp3) is 0.588. The van der Waals surface area contributed by atoms with E-state index < -0.39 is 23.3 Å². The van der Waals surface area contributed by atoms with Gasteiger partial charge in [0.1, 0.15) is 0 Å². The molecule has 0 atom stereocenters. The highest BCUT2D eigenvalue weighted by atomic mass is 19.2. The average molecular weight is 577 g/mol. The molecule has 2 aliphatic carbocycles. The van der Waals surface area contributed by atoms with Crippen LogP contribution in [-0.4, -0.2) is 25.4 Å². The Morgan fingerprint density at radius 3 is 1.90 bits per heavy atom. The molecule has 2 aromatic rings. The number of hydrogen-bond acceptors (Lipinski definition) is 3. The molecule has 4 rings (SSSR count). The van der Waals surface area contributed by atoms with Crippen LogP contribution < -0.4 is 4.74 Å². The van der Waals surface area contributed by atoms with Crippen molar-refractivity contribution in [3.63, 3.8) is 0 Å². The van der Waals surface area contributed by atoms with Gasteiger partial charge in [-0.1, -0.05) is 37.6 Å². The minimum absolute atomic E-state index is 0.00360. The van der Waals surface area contributed by atoms with Gasteiger partial charge in [-0.05, 0) is 99.7 Å². The standard InChI is InChI=1S/C34H44F4O3/c1-3-5-7-21-40-30-19-18-29(33(37)34(30)38)24-10-15-27(16-11-24)41-22-25-12-17-28(32(36)31(25)35)23-8-13-26(14-9-23)39-20-6-4-2/h3,12,17-19,23-24,26-27H,1,4-11,13-16,20-22H2,2H3. The first-order valence-corrected chi connectivity index (χ1v) is 15.3. The van der Waals surface area contributed by atoms with Gasteiger partial charge < -0.3 is 14.2 Å². The van der Waals surface area contributed by atoms with Crippen LogP contribution in [0.15, 0.2) is 36.9 Å². The Morgan fingerprint density at radius 1 is 0.707 bits per heavy atom. The van der Waals surface area contributed by atoms with Crippen molar-refractivity contribution < 1.29 is 31.8 Å². The Labute approximate surface area is 242 Å². The Kier molecular flexibility index (Phi) is 12.1. The zero-order valence-electron chi connectivity index (χ0n) is 24.2. The molecule has 0 aromatic heterocycles. The minimum atomic E-state index is -0.950. The van der Waals surface area contributed by atoms with Gasteiger partial charge >= 0.3 is 0 Å². The van der Waals surface area contributed by atoms with Crippen molar-refractivity contribution >= 4 is 0 Å². The van der Waals surface area contributed by atoms with Gasteiger partial charge in [0.05, 0.1) is 25.4 Å². The topological polar surface area (TPSA) is 27.7 Å². The molecule has 0 radical (unpaired) electrons. The van der Waals surface area contributed by atoms with Gasteiger partial charge in [-0.3, -0.25) is 0 Å². The summed E-state index contributed by atoms with van der Waals surface area (Å²) >= 11 is 0. The molecule has 0 N–H and O–H groups in total. The molecule has 0 saturated heterocycles. The van der Waals surface area contributed by atoms with Gasteiger partial charge in [-0.25, -0.2) is 13.2 Å². The van der Waals surface area contributed by atoms with Crippen LogP contribution in [0.4, 0.5) is 17.6 Å². The maximum atomic E-state index is 15.1. The first-order valence-electron chi connectivity index (χ1n) is 15.3. The highest BCUT2D eigenvalue weighted by molar-refractivity contribution is 5.33.